The zero-order valence-corrected chi connectivity index (χ0v) is 14.9. The number of halogens is 2. The van der Waals surface area contributed by atoms with Gasteiger partial charge in [0.25, 0.3) is 0 Å². The second-order valence-electron chi connectivity index (χ2n) is 5.49. The molecular weight excluding hydrogens is 361 g/mol. The van der Waals surface area contributed by atoms with Crippen LogP contribution in [0.15, 0.2) is 48.5 Å². The number of likely N-dealkylation sites (N-methyl/N-ethyl adjacent to an activating group) is 1. The molecule has 6 nitrogen and oxygen atoms in total. The van der Waals surface area contributed by atoms with Crippen LogP contribution in [-0.4, -0.2) is 38.1 Å². The molecule has 3 rings (SSSR count). The van der Waals surface area contributed by atoms with Gasteiger partial charge in [-0.25, -0.2) is 0 Å². The minimum absolute atomic E-state index is 0.00153. The van der Waals surface area contributed by atoms with Crippen LogP contribution in [0.1, 0.15) is 5.56 Å². The Morgan fingerprint density at radius 1 is 1.12 bits per heavy atom. The molecule has 25 heavy (non-hydrogen) atoms. The molecule has 0 spiro atoms. The molecule has 0 atom stereocenters. The summed E-state index contributed by atoms with van der Waals surface area (Å²) in [5, 5.41) is 13.4. The normalized spacial score (nSPS) is 10.7. The quantitative estimate of drug-likeness (QED) is 0.686. The van der Waals surface area contributed by atoms with Crippen LogP contribution in [0.3, 0.4) is 0 Å². The van der Waals surface area contributed by atoms with Crippen molar-refractivity contribution in [1.82, 2.24) is 25.1 Å². The predicted octanol–water partition coefficient (Wildman–Crippen LogP) is 3.31. The van der Waals surface area contributed by atoms with Crippen LogP contribution < -0.4 is 0 Å². The van der Waals surface area contributed by atoms with Crippen LogP contribution in [-0.2, 0) is 17.9 Å². The Kier molecular flexibility index (Phi) is 5.31. The van der Waals surface area contributed by atoms with Crippen LogP contribution in [0.25, 0.3) is 11.4 Å². The highest BCUT2D eigenvalue weighted by Crippen LogP contribution is 2.18. The van der Waals surface area contributed by atoms with E-state index in [-0.39, 0.29) is 12.5 Å². The van der Waals surface area contributed by atoms with Crippen molar-refractivity contribution in [2.45, 2.75) is 13.1 Å². The summed E-state index contributed by atoms with van der Waals surface area (Å²) < 4.78 is 0. The van der Waals surface area contributed by atoms with Crippen LogP contribution in [0, 0.1) is 0 Å². The van der Waals surface area contributed by atoms with Gasteiger partial charge in [-0.05, 0) is 41.1 Å². The van der Waals surface area contributed by atoms with Gasteiger partial charge in [0.05, 0.1) is 0 Å². The Morgan fingerprint density at radius 3 is 2.56 bits per heavy atom. The fourth-order valence-corrected chi connectivity index (χ4v) is 2.56. The van der Waals surface area contributed by atoms with E-state index in [0.29, 0.717) is 22.4 Å². The second kappa shape index (κ2) is 7.63. The highest BCUT2D eigenvalue weighted by atomic mass is 35.5. The maximum Gasteiger partial charge on any atom is 0.246 e. The largest absolute Gasteiger partial charge is 0.340 e. The molecule has 0 aliphatic heterocycles. The van der Waals surface area contributed by atoms with E-state index in [1.54, 1.807) is 42.3 Å². The number of benzene rings is 2. The average molecular weight is 376 g/mol. The Morgan fingerprint density at radius 2 is 1.84 bits per heavy atom. The Labute approximate surface area is 155 Å². The third kappa shape index (κ3) is 4.35. The lowest BCUT2D eigenvalue weighted by molar-refractivity contribution is -0.131. The van der Waals surface area contributed by atoms with Gasteiger partial charge in [-0.15, -0.1) is 10.2 Å². The predicted molar refractivity (Wildman–Crippen MR) is 96.2 cm³/mol. The summed E-state index contributed by atoms with van der Waals surface area (Å²) in [6, 6.07) is 14.5. The zero-order valence-electron chi connectivity index (χ0n) is 13.4. The lowest BCUT2D eigenvalue weighted by atomic mass is 10.2. The van der Waals surface area contributed by atoms with E-state index in [0.717, 1.165) is 11.1 Å². The second-order valence-corrected chi connectivity index (χ2v) is 6.34. The SMILES string of the molecule is CN(Cc1ccccc1Cl)C(=O)Cn1nnc(-c2ccc(Cl)cc2)n1. The number of rotatable bonds is 5. The first-order chi connectivity index (χ1) is 12.0. The van der Waals surface area contributed by atoms with Crippen molar-refractivity contribution >= 4 is 29.1 Å². The monoisotopic (exact) mass is 375 g/mol. The molecule has 0 N–H and O–H groups in total. The third-order valence-corrected chi connectivity index (χ3v) is 4.24. The van der Waals surface area contributed by atoms with Gasteiger partial charge in [0.1, 0.15) is 6.54 Å². The topological polar surface area (TPSA) is 63.9 Å². The Bertz CT molecular complexity index is 879. The minimum Gasteiger partial charge on any atom is -0.340 e. The molecule has 8 heteroatoms. The van der Waals surface area contributed by atoms with Gasteiger partial charge in [-0.2, -0.15) is 4.80 Å². The van der Waals surface area contributed by atoms with E-state index in [9.17, 15) is 4.79 Å². The molecule has 0 bridgehead atoms. The summed E-state index contributed by atoms with van der Waals surface area (Å²) in [4.78, 5) is 15.2. The van der Waals surface area contributed by atoms with Crippen molar-refractivity contribution in [3.05, 3.63) is 64.1 Å². The maximum atomic E-state index is 12.4. The first kappa shape index (κ1) is 17.4. The molecule has 1 aromatic heterocycles. The first-order valence-electron chi connectivity index (χ1n) is 7.54. The van der Waals surface area contributed by atoms with Crippen molar-refractivity contribution in [3.8, 4) is 11.4 Å². The Hall–Kier alpha value is -2.44. The van der Waals surface area contributed by atoms with Gasteiger partial charge < -0.3 is 4.90 Å². The molecule has 0 aliphatic rings. The number of amides is 1. The molecule has 1 heterocycles. The lowest BCUT2D eigenvalue weighted by Gasteiger charge is -2.17. The number of aromatic nitrogens is 4. The van der Waals surface area contributed by atoms with Crippen molar-refractivity contribution in [2.24, 2.45) is 0 Å². The highest BCUT2D eigenvalue weighted by Gasteiger charge is 2.14. The fourth-order valence-electron chi connectivity index (χ4n) is 2.24. The lowest BCUT2D eigenvalue weighted by Crippen LogP contribution is -2.30. The summed E-state index contributed by atoms with van der Waals surface area (Å²) in [5.41, 5.74) is 1.67. The summed E-state index contributed by atoms with van der Waals surface area (Å²) in [7, 11) is 1.71. The summed E-state index contributed by atoms with van der Waals surface area (Å²) in [6.45, 7) is 0.415. The fraction of sp³-hybridized carbons (Fsp3) is 0.176. The summed E-state index contributed by atoms with van der Waals surface area (Å²) in [6.07, 6.45) is 0. The molecule has 128 valence electrons. The van der Waals surface area contributed by atoms with Gasteiger partial charge in [-0.3, -0.25) is 4.79 Å². The zero-order chi connectivity index (χ0) is 17.8. The number of nitrogens with zero attached hydrogens (tertiary/aromatic N) is 5. The molecule has 3 aromatic rings. The molecule has 0 saturated heterocycles. The number of tetrazole rings is 1. The van der Waals surface area contributed by atoms with Crippen LogP contribution >= 0.6 is 23.2 Å². The number of hydrogen-bond acceptors (Lipinski definition) is 4. The van der Waals surface area contributed by atoms with Gasteiger partial charge in [-0.1, -0.05) is 41.4 Å². The van der Waals surface area contributed by atoms with Crippen LogP contribution in [0.4, 0.5) is 0 Å². The third-order valence-electron chi connectivity index (χ3n) is 3.62. The van der Waals surface area contributed by atoms with Crippen molar-refractivity contribution < 1.29 is 4.79 Å². The van der Waals surface area contributed by atoms with E-state index >= 15 is 0 Å². The molecule has 0 fully saturated rings. The number of carbonyl (C=O) groups excluding carboxylic acids is 1. The molecule has 0 aliphatic carbocycles. The summed E-state index contributed by atoms with van der Waals surface area (Å²) in [5.74, 6) is 0.304. The molecule has 0 radical (unpaired) electrons. The van der Waals surface area contributed by atoms with E-state index in [4.69, 9.17) is 23.2 Å². The van der Waals surface area contributed by atoms with Crippen molar-refractivity contribution in [3.63, 3.8) is 0 Å². The smallest absolute Gasteiger partial charge is 0.246 e. The molecule has 0 unspecified atom stereocenters. The van der Waals surface area contributed by atoms with E-state index in [1.165, 1.54) is 4.80 Å². The van der Waals surface area contributed by atoms with Gasteiger partial charge in [0.2, 0.25) is 11.7 Å². The standard InChI is InChI=1S/C17H15Cl2N5O/c1-23(10-13-4-2-3-5-15(13)19)16(25)11-24-21-17(20-22-24)12-6-8-14(18)9-7-12/h2-9H,10-11H2,1H3. The van der Waals surface area contributed by atoms with E-state index in [2.05, 4.69) is 15.4 Å². The maximum absolute atomic E-state index is 12.4. The highest BCUT2D eigenvalue weighted by molar-refractivity contribution is 6.31. The van der Waals surface area contributed by atoms with Gasteiger partial charge in [0.15, 0.2) is 0 Å². The Balaban J connectivity index is 1.65. The average Bonchev–Trinajstić information content (AvgIpc) is 3.06. The number of hydrogen-bond donors (Lipinski definition) is 0. The van der Waals surface area contributed by atoms with Crippen LogP contribution in [0.2, 0.25) is 10.0 Å². The first-order valence-corrected chi connectivity index (χ1v) is 8.29. The van der Waals surface area contributed by atoms with Crippen LogP contribution in [0.5, 0.6) is 0 Å². The van der Waals surface area contributed by atoms with Gasteiger partial charge in [0, 0.05) is 29.2 Å². The van der Waals surface area contributed by atoms with Gasteiger partial charge >= 0.3 is 0 Å². The van der Waals surface area contributed by atoms with E-state index < -0.39 is 0 Å². The van der Waals surface area contributed by atoms with Crippen molar-refractivity contribution in [1.29, 1.82) is 0 Å². The molecule has 2 aromatic carbocycles. The molecule has 1 amide bonds. The van der Waals surface area contributed by atoms with E-state index in [1.807, 2.05) is 18.2 Å². The van der Waals surface area contributed by atoms with Crippen molar-refractivity contribution in [2.75, 3.05) is 7.05 Å². The number of carbonyl (C=O) groups is 1. The summed E-state index contributed by atoms with van der Waals surface area (Å²) >= 11 is 12.0. The molecule has 0 saturated carbocycles. The minimum atomic E-state index is -0.139. The molecular formula is C17H15Cl2N5O.